The third-order valence-corrected chi connectivity index (χ3v) is 4.16. The number of benzene rings is 2. The molecule has 112 valence electrons. The van der Waals surface area contributed by atoms with Crippen molar-refractivity contribution < 1.29 is 4.74 Å². The fourth-order valence-corrected chi connectivity index (χ4v) is 3.43. The second-order valence-corrected chi connectivity index (χ2v) is 6.79. The molecule has 0 aromatic heterocycles. The van der Waals surface area contributed by atoms with Crippen LogP contribution in [0.1, 0.15) is 18.9 Å². The van der Waals surface area contributed by atoms with Crippen molar-refractivity contribution in [3.63, 3.8) is 0 Å². The predicted octanol–water partition coefficient (Wildman–Crippen LogP) is 6.27. The lowest BCUT2D eigenvalue weighted by molar-refractivity contribution is 0.312. The average molecular weight is 434 g/mol. The molecule has 5 heteroatoms. The molecule has 0 saturated heterocycles. The Hall–Kier alpha value is -0.710. The number of hydrogen-bond acceptors (Lipinski definition) is 2. The molecule has 1 N–H and O–H groups in total. The quantitative estimate of drug-likeness (QED) is 0.580. The molecule has 0 aliphatic heterocycles. The van der Waals surface area contributed by atoms with E-state index < -0.39 is 0 Å². The van der Waals surface area contributed by atoms with Crippen LogP contribution in [0.2, 0.25) is 5.02 Å². The summed E-state index contributed by atoms with van der Waals surface area (Å²) in [5.74, 6) is 0.890. The number of nitrogens with one attached hydrogen (secondary N) is 1. The normalized spacial score (nSPS) is 10.5. The Morgan fingerprint density at radius 2 is 1.86 bits per heavy atom. The van der Waals surface area contributed by atoms with E-state index >= 15 is 0 Å². The Morgan fingerprint density at radius 3 is 2.52 bits per heavy atom. The van der Waals surface area contributed by atoms with Gasteiger partial charge in [0.25, 0.3) is 0 Å². The van der Waals surface area contributed by atoms with Gasteiger partial charge < -0.3 is 10.1 Å². The lowest BCUT2D eigenvalue weighted by Gasteiger charge is -2.15. The Balaban J connectivity index is 2.15. The molecule has 0 amide bonds. The molecule has 0 unspecified atom stereocenters. The van der Waals surface area contributed by atoms with Crippen LogP contribution in [0, 0.1) is 0 Å². The highest BCUT2D eigenvalue weighted by Gasteiger charge is 2.10. The van der Waals surface area contributed by atoms with Crippen molar-refractivity contribution in [2.75, 3.05) is 11.9 Å². The first-order chi connectivity index (χ1) is 10.1. The van der Waals surface area contributed by atoms with Crippen molar-refractivity contribution in [3.05, 3.63) is 55.9 Å². The highest BCUT2D eigenvalue weighted by atomic mass is 79.9. The molecule has 2 nitrogen and oxygen atoms in total. The summed E-state index contributed by atoms with van der Waals surface area (Å²) in [4.78, 5) is 0. The molecular weight excluding hydrogens is 417 g/mol. The van der Waals surface area contributed by atoms with Gasteiger partial charge >= 0.3 is 0 Å². The van der Waals surface area contributed by atoms with E-state index in [0.29, 0.717) is 13.2 Å². The first kappa shape index (κ1) is 16.7. The Kier molecular flexibility index (Phi) is 6.40. The van der Waals surface area contributed by atoms with Gasteiger partial charge in [0.05, 0.1) is 11.1 Å². The number of anilines is 1. The van der Waals surface area contributed by atoms with Crippen LogP contribution >= 0.6 is 43.5 Å². The molecule has 0 spiro atoms. The number of hydrogen-bond donors (Lipinski definition) is 1. The van der Waals surface area contributed by atoms with Crippen molar-refractivity contribution in [1.29, 1.82) is 0 Å². The van der Waals surface area contributed by atoms with E-state index in [4.69, 9.17) is 16.3 Å². The topological polar surface area (TPSA) is 21.3 Å². The van der Waals surface area contributed by atoms with E-state index in [0.717, 1.165) is 37.4 Å². The van der Waals surface area contributed by atoms with Crippen LogP contribution in [0.15, 0.2) is 45.3 Å². The van der Waals surface area contributed by atoms with Gasteiger partial charge in [0.1, 0.15) is 5.75 Å². The monoisotopic (exact) mass is 431 g/mol. The maximum absolute atomic E-state index is 5.89. The van der Waals surface area contributed by atoms with Crippen LogP contribution in [0.25, 0.3) is 0 Å². The van der Waals surface area contributed by atoms with Crippen molar-refractivity contribution in [2.24, 2.45) is 0 Å². The molecule has 0 aliphatic carbocycles. The van der Waals surface area contributed by atoms with Gasteiger partial charge in [0.15, 0.2) is 0 Å². The van der Waals surface area contributed by atoms with Crippen molar-refractivity contribution >= 4 is 49.1 Å². The first-order valence-electron chi connectivity index (χ1n) is 6.70. The molecule has 0 radical (unpaired) electrons. The van der Waals surface area contributed by atoms with Crippen LogP contribution in [0.5, 0.6) is 5.75 Å². The zero-order valence-corrected chi connectivity index (χ0v) is 15.6. The summed E-state index contributed by atoms with van der Waals surface area (Å²) in [5.41, 5.74) is 2.12. The van der Waals surface area contributed by atoms with Crippen LogP contribution < -0.4 is 10.1 Å². The fourth-order valence-electron chi connectivity index (χ4n) is 1.88. The Bertz CT molecular complexity index is 602. The lowest BCUT2D eigenvalue weighted by atomic mass is 10.2. The second-order valence-electron chi connectivity index (χ2n) is 4.58. The molecule has 0 heterocycles. The van der Waals surface area contributed by atoms with E-state index in [1.807, 2.05) is 30.3 Å². The number of halogens is 3. The van der Waals surface area contributed by atoms with Crippen LogP contribution in [-0.2, 0) is 6.54 Å². The minimum atomic E-state index is 0.679. The van der Waals surface area contributed by atoms with E-state index in [1.165, 1.54) is 0 Å². The van der Waals surface area contributed by atoms with Gasteiger partial charge in [-0.25, -0.2) is 0 Å². The molecule has 21 heavy (non-hydrogen) atoms. The highest BCUT2D eigenvalue weighted by molar-refractivity contribution is 9.11. The van der Waals surface area contributed by atoms with Crippen LogP contribution in [0.3, 0.4) is 0 Å². The molecule has 0 bridgehead atoms. The van der Waals surface area contributed by atoms with Crippen LogP contribution in [-0.4, -0.2) is 6.61 Å². The Labute approximate surface area is 147 Å². The van der Waals surface area contributed by atoms with E-state index in [9.17, 15) is 0 Å². The van der Waals surface area contributed by atoms with Gasteiger partial charge in [-0.2, -0.15) is 0 Å². The van der Waals surface area contributed by atoms with Crippen LogP contribution in [0.4, 0.5) is 5.69 Å². The summed E-state index contributed by atoms with van der Waals surface area (Å²) in [7, 11) is 0. The molecule has 0 aliphatic rings. The molecular formula is C16H16Br2ClNO. The summed E-state index contributed by atoms with van der Waals surface area (Å²) in [5, 5.41) is 4.11. The molecule has 0 fully saturated rings. The van der Waals surface area contributed by atoms with Gasteiger partial charge in [-0.1, -0.05) is 34.5 Å². The Morgan fingerprint density at radius 1 is 1.14 bits per heavy atom. The lowest BCUT2D eigenvalue weighted by Crippen LogP contribution is -2.05. The summed E-state index contributed by atoms with van der Waals surface area (Å²) in [6.45, 7) is 3.48. The van der Waals surface area contributed by atoms with E-state index in [2.05, 4.69) is 50.2 Å². The van der Waals surface area contributed by atoms with Gasteiger partial charge in [-0.3, -0.25) is 0 Å². The zero-order valence-electron chi connectivity index (χ0n) is 11.6. The van der Waals surface area contributed by atoms with E-state index in [1.54, 1.807) is 0 Å². The molecule has 2 rings (SSSR count). The molecule has 2 aromatic carbocycles. The molecule has 2 aromatic rings. The van der Waals surface area contributed by atoms with Gasteiger partial charge in [-0.05, 0) is 58.7 Å². The third-order valence-electron chi connectivity index (χ3n) is 2.86. The van der Waals surface area contributed by atoms with Gasteiger partial charge in [-0.15, -0.1) is 0 Å². The minimum Gasteiger partial charge on any atom is -0.492 e. The zero-order chi connectivity index (χ0) is 15.2. The highest BCUT2D eigenvalue weighted by Crippen LogP contribution is 2.33. The maximum atomic E-state index is 5.89. The number of ether oxygens (including phenoxy) is 1. The summed E-state index contributed by atoms with van der Waals surface area (Å²) in [6, 6.07) is 11.7. The SMILES string of the molecule is CCCOc1c(Br)cc(Br)cc1CNc1ccc(Cl)cc1. The smallest absolute Gasteiger partial charge is 0.138 e. The fraction of sp³-hybridized carbons (Fsp3) is 0.250. The molecule has 0 atom stereocenters. The van der Waals surface area contributed by atoms with Crippen molar-refractivity contribution in [1.82, 2.24) is 0 Å². The largest absolute Gasteiger partial charge is 0.492 e. The third kappa shape index (κ3) is 4.90. The average Bonchev–Trinajstić information content (AvgIpc) is 2.45. The standard InChI is InChI=1S/C16H16Br2ClNO/c1-2-7-21-16-11(8-12(17)9-15(16)18)10-20-14-5-3-13(19)4-6-14/h3-6,8-9,20H,2,7,10H2,1H3. The first-order valence-corrected chi connectivity index (χ1v) is 8.66. The molecule has 0 saturated carbocycles. The maximum Gasteiger partial charge on any atom is 0.138 e. The van der Waals surface area contributed by atoms with Crippen molar-refractivity contribution in [2.45, 2.75) is 19.9 Å². The van der Waals surface area contributed by atoms with Gasteiger partial charge in [0, 0.05) is 27.3 Å². The van der Waals surface area contributed by atoms with Gasteiger partial charge in [0.2, 0.25) is 0 Å². The summed E-state index contributed by atoms with van der Waals surface area (Å²) in [6.07, 6.45) is 0.979. The summed E-state index contributed by atoms with van der Waals surface area (Å²) < 4.78 is 7.83. The van der Waals surface area contributed by atoms with Crippen molar-refractivity contribution in [3.8, 4) is 5.75 Å². The second kappa shape index (κ2) is 8.06. The number of rotatable bonds is 6. The minimum absolute atomic E-state index is 0.679. The predicted molar refractivity (Wildman–Crippen MR) is 96.4 cm³/mol. The van der Waals surface area contributed by atoms with E-state index in [-0.39, 0.29) is 0 Å². The summed E-state index contributed by atoms with van der Waals surface area (Å²) >= 11 is 13.0.